The van der Waals surface area contributed by atoms with Gasteiger partial charge in [-0.05, 0) is 17.7 Å². The summed E-state index contributed by atoms with van der Waals surface area (Å²) in [6.07, 6.45) is 1.53. The van der Waals surface area contributed by atoms with Gasteiger partial charge in [0.1, 0.15) is 17.1 Å². The number of nitrogens with one attached hydrogen (secondary N) is 2. The van der Waals surface area contributed by atoms with Gasteiger partial charge in [0, 0.05) is 19.0 Å². The molecular formula is C14H11FN4O2. The maximum absolute atomic E-state index is 13.5. The van der Waals surface area contributed by atoms with Crippen LogP contribution in [0, 0.1) is 5.82 Å². The number of carbonyl (C=O) groups is 2. The van der Waals surface area contributed by atoms with Crippen LogP contribution >= 0.6 is 0 Å². The summed E-state index contributed by atoms with van der Waals surface area (Å²) in [5.74, 6) is -0.519. The predicted molar refractivity (Wildman–Crippen MR) is 72.4 cm³/mol. The van der Waals surface area contributed by atoms with Gasteiger partial charge in [-0.15, -0.1) is 0 Å². The number of H-pyrrole nitrogens is 1. The van der Waals surface area contributed by atoms with Crippen molar-refractivity contribution >= 4 is 23.3 Å². The van der Waals surface area contributed by atoms with Crippen molar-refractivity contribution in [1.29, 1.82) is 0 Å². The zero-order valence-corrected chi connectivity index (χ0v) is 11.1. The normalized spacial score (nSPS) is 23.2. The largest absolute Gasteiger partial charge is 0.314 e. The molecule has 3 heterocycles. The summed E-state index contributed by atoms with van der Waals surface area (Å²) in [5.41, 5.74) is 0.614. The average molecular weight is 286 g/mol. The molecule has 1 aromatic carbocycles. The fraction of sp³-hybridized carbons (Fsp3) is 0.214. The topological polar surface area (TPSA) is 78.1 Å². The average Bonchev–Trinajstić information content (AvgIpc) is 2.99. The Hall–Kier alpha value is -2.70. The molecule has 0 radical (unpaired) electrons. The van der Waals surface area contributed by atoms with Crippen LogP contribution in [0.25, 0.3) is 0 Å². The van der Waals surface area contributed by atoms with Gasteiger partial charge in [-0.3, -0.25) is 14.7 Å². The lowest BCUT2D eigenvalue weighted by atomic mass is 9.72. The van der Waals surface area contributed by atoms with Crippen LogP contribution in [-0.2, 0) is 15.0 Å². The van der Waals surface area contributed by atoms with Crippen LogP contribution < -0.4 is 10.2 Å². The number of aromatic amines is 1. The number of hydrogen-bond acceptors (Lipinski definition) is 3. The van der Waals surface area contributed by atoms with Crippen molar-refractivity contribution < 1.29 is 14.0 Å². The summed E-state index contributed by atoms with van der Waals surface area (Å²) in [5, 5.41) is 9.28. The smallest absolute Gasteiger partial charge is 0.242 e. The van der Waals surface area contributed by atoms with Crippen LogP contribution in [0.5, 0.6) is 0 Å². The highest BCUT2D eigenvalue weighted by atomic mass is 19.1. The van der Waals surface area contributed by atoms with Gasteiger partial charge >= 0.3 is 0 Å². The zero-order chi connectivity index (χ0) is 14.8. The number of benzene rings is 1. The molecule has 1 aromatic heterocycles. The summed E-state index contributed by atoms with van der Waals surface area (Å²) in [4.78, 5) is 26.2. The minimum atomic E-state index is -1.12. The molecule has 0 unspecified atom stereocenters. The highest BCUT2D eigenvalue weighted by Gasteiger charge is 2.55. The number of rotatable bonds is 0. The maximum Gasteiger partial charge on any atom is 0.242 e. The second-order valence-electron chi connectivity index (χ2n) is 5.31. The van der Waals surface area contributed by atoms with Gasteiger partial charge in [0.25, 0.3) is 0 Å². The Kier molecular flexibility index (Phi) is 2.12. The van der Waals surface area contributed by atoms with Gasteiger partial charge in [0.15, 0.2) is 0 Å². The van der Waals surface area contributed by atoms with Crippen molar-refractivity contribution in [3.05, 3.63) is 41.3 Å². The maximum atomic E-state index is 13.5. The molecule has 2 aliphatic rings. The molecule has 0 fully saturated rings. The van der Waals surface area contributed by atoms with Crippen molar-refractivity contribution in [3.63, 3.8) is 0 Å². The SMILES string of the molecule is CN1C(=O)[C@]2(CC(=O)Nc3[nH]ncc32)c2ccc(F)cc21. The Morgan fingerprint density at radius 3 is 2.95 bits per heavy atom. The number of fused-ring (bicyclic) bond motifs is 4. The van der Waals surface area contributed by atoms with Crippen molar-refractivity contribution in [2.24, 2.45) is 0 Å². The fourth-order valence-corrected chi connectivity index (χ4v) is 3.31. The molecule has 6 nitrogen and oxygen atoms in total. The standard InChI is InChI=1S/C14H11FN4O2/c1-19-10-4-7(15)2-3-8(10)14(13(19)21)5-11(20)17-12-9(14)6-16-18-12/h2-4,6H,5H2,1H3,(H2,16,17,18,20)/t14-/m1/s1. The van der Waals surface area contributed by atoms with E-state index in [0.717, 1.165) is 0 Å². The van der Waals surface area contributed by atoms with Crippen LogP contribution in [0.15, 0.2) is 24.4 Å². The molecule has 2 aliphatic heterocycles. The van der Waals surface area contributed by atoms with Crippen LogP contribution in [-0.4, -0.2) is 29.1 Å². The summed E-state index contributed by atoms with van der Waals surface area (Å²) in [7, 11) is 1.58. The number of aromatic nitrogens is 2. The number of hydrogen-bond donors (Lipinski definition) is 2. The first-order chi connectivity index (χ1) is 10.0. The number of halogens is 1. The van der Waals surface area contributed by atoms with Crippen LogP contribution in [0.1, 0.15) is 17.5 Å². The van der Waals surface area contributed by atoms with Crippen molar-refractivity contribution in [3.8, 4) is 0 Å². The van der Waals surface area contributed by atoms with E-state index in [1.807, 2.05) is 0 Å². The Balaban J connectivity index is 2.06. The van der Waals surface area contributed by atoms with E-state index in [0.29, 0.717) is 22.6 Å². The minimum absolute atomic E-state index is 0.0126. The van der Waals surface area contributed by atoms with E-state index in [4.69, 9.17) is 0 Å². The second-order valence-corrected chi connectivity index (χ2v) is 5.31. The van der Waals surface area contributed by atoms with Crippen molar-refractivity contribution in [2.45, 2.75) is 11.8 Å². The minimum Gasteiger partial charge on any atom is -0.314 e. The van der Waals surface area contributed by atoms with Crippen molar-refractivity contribution in [2.75, 3.05) is 17.3 Å². The molecule has 106 valence electrons. The molecule has 1 spiro atoms. The van der Waals surface area contributed by atoms with E-state index >= 15 is 0 Å². The number of carbonyl (C=O) groups excluding carboxylic acids is 2. The molecule has 7 heteroatoms. The molecule has 2 amide bonds. The van der Waals surface area contributed by atoms with E-state index < -0.39 is 11.2 Å². The van der Waals surface area contributed by atoms with Gasteiger partial charge in [0.2, 0.25) is 11.8 Å². The Morgan fingerprint density at radius 1 is 1.33 bits per heavy atom. The van der Waals surface area contributed by atoms with E-state index in [1.165, 1.54) is 17.0 Å². The molecule has 0 saturated heterocycles. The molecule has 4 rings (SSSR count). The van der Waals surface area contributed by atoms with Gasteiger partial charge in [-0.1, -0.05) is 6.07 Å². The zero-order valence-electron chi connectivity index (χ0n) is 11.1. The first kappa shape index (κ1) is 12.1. The molecule has 0 bridgehead atoms. The highest BCUT2D eigenvalue weighted by Crippen LogP contribution is 2.51. The number of likely N-dealkylation sites (N-methyl/N-ethyl adjacent to an activating group) is 1. The highest BCUT2D eigenvalue weighted by molar-refractivity contribution is 6.15. The van der Waals surface area contributed by atoms with Crippen LogP contribution in [0.2, 0.25) is 0 Å². The summed E-state index contributed by atoms with van der Waals surface area (Å²) in [6.45, 7) is 0. The van der Waals surface area contributed by atoms with Gasteiger partial charge in [-0.25, -0.2) is 4.39 Å². The molecule has 0 saturated carbocycles. The number of nitrogens with zero attached hydrogens (tertiary/aromatic N) is 2. The Bertz CT molecular complexity index is 800. The third-order valence-corrected chi connectivity index (χ3v) is 4.24. The third kappa shape index (κ3) is 1.32. The molecule has 2 N–H and O–H groups in total. The first-order valence-electron chi connectivity index (χ1n) is 6.46. The lowest BCUT2D eigenvalue weighted by Crippen LogP contribution is -2.45. The van der Waals surface area contributed by atoms with Crippen molar-refractivity contribution in [1.82, 2.24) is 10.2 Å². The number of anilines is 2. The second kappa shape index (κ2) is 3.69. The van der Waals surface area contributed by atoms with E-state index in [2.05, 4.69) is 15.5 Å². The first-order valence-corrected chi connectivity index (χ1v) is 6.46. The lowest BCUT2D eigenvalue weighted by molar-refractivity contribution is -0.126. The summed E-state index contributed by atoms with van der Waals surface area (Å²) in [6, 6.07) is 4.19. The Labute approximate surface area is 118 Å². The lowest BCUT2D eigenvalue weighted by Gasteiger charge is -2.31. The van der Waals surface area contributed by atoms with Gasteiger partial charge in [-0.2, -0.15) is 5.10 Å². The third-order valence-electron chi connectivity index (χ3n) is 4.24. The molecule has 2 aromatic rings. The molecule has 21 heavy (non-hydrogen) atoms. The van der Waals surface area contributed by atoms with E-state index in [9.17, 15) is 14.0 Å². The summed E-state index contributed by atoms with van der Waals surface area (Å²) >= 11 is 0. The molecule has 1 atom stereocenters. The summed E-state index contributed by atoms with van der Waals surface area (Å²) < 4.78 is 13.5. The van der Waals surface area contributed by atoms with Gasteiger partial charge < -0.3 is 10.2 Å². The fourth-order valence-electron chi connectivity index (χ4n) is 3.31. The Morgan fingerprint density at radius 2 is 2.14 bits per heavy atom. The molecule has 0 aliphatic carbocycles. The van der Waals surface area contributed by atoms with Crippen LogP contribution in [0.4, 0.5) is 15.9 Å². The molecular weight excluding hydrogens is 275 g/mol. The predicted octanol–water partition coefficient (Wildman–Crippen LogP) is 1.15. The van der Waals surface area contributed by atoms with Crippen LogP contribution in [0.3, 0.4) is 0 Å². The monoisotopic (exact) mass is 286 g/mol. The number of amides is 2. The van der Waals surface area contributed by atoms with E-state index in [-0.39, 0.29) is 18.2 Å². The van der Waals surface area contributed by atoms with Gasteiger partial charge in [0.05, 0.1) is 11.9 Å². The van der Waals surface area contributed by atoms with E-state index in [1.54, 1.807) is 19.3 Å². The quantitative estimate of drug-likeness (QED) is 0.762.